The third-order valence-corrected chi connectivity index (χ3v) is 2.50. The zero-order valence-corrected chi connectivity index (χ0v) is 10.2. The number of benzene rings is 2. The predicted octanol–water partition coefficient (Wildman–Crippen LogP) is 3.69. The van der Waals surface area contributed by atoms with Crippen molar-refractivity contribution in [3.05, 3.63) is 76.4 Å². The Morgan fingerprint density at radius 1 is 1.05 bits per heavy atom. The average Bonchev–Trinajstić information content (AvgIpc) is 2.45. The molecule has 0 radical (unpaired) electrons. The monoisotopic (exact) mass is 255 g/mol. The lowest BCUT2D eigenvalue weighted by Gasteiger charge is -2.02. The Hall–Kier alpha value is -2.62. The van der Waals surface area contributed by atoms with Crippen LogP contribution >= 0.6 is 0 Å². The van der Waals surface area contributed by atoms with E-state index in [1.165, 1.54) is 12.1 Å². The van der Waals surface area contributed by atoms with Crippen LogP contribution in [0.15, 0.2) is 60.7 Å². The SMILES string of the molecule is O=[N+]([O-])c1ccc(OCC=Cc2ccccc2)cc1. The maximum atomic E-state index is 10.5. The molecule has 0 aliphatic heterocycles. The Kier molecular flexibility index (Phi) is 4.29. The van der Waals surface area contributed by atoms with Crippen LogP contribution in [0.25, 0.3) is 6.08 Å². The number of nitrogens with zero attached hydrogens (tertiary/aromatic N) is 1. The van der Waals surface area contributed by atoms with Gasteiger partial charge in [-0.05, 0) is 23.8 Å². The number of hydrogen-bond acceptors (Lipinski definition) is 3. The van der Waals surface area contributed by atoms with Gasteiger partial charge in [-0.3, -0.25) is 10.1 Å². The van der Waals surface area contributed by atoms with E-state index < -0.39 is 4.92 Å². The van der Waals surface area contributed by atoms with Gasteiger partial charge in [0, 0.05) is 12.1 Å². The van der Waals surface area contributed by atoms with Gasteiger partial charge < -0.3 is 4.74 Å². The second-order valence-electron chi connectivity index (χ2n) is 3.88. The van der Waals surface area contributed by atoms with Gasteiger partial charge in [-0.1, -0.05) is 36.4 Å². The zero-order valence-electron chi connectivity index (χ0n) is 10.2. The van der Waals surface area contributed by atoms with E-state index in [-0.39, 0.29) is 5.69 Å². The molecule has 4 heteroatoms. The number of hydrogen-bond donors (Lipinski definition) is 0. The molecule has 0 aliphatic carbocycles. The standard InChI is InChI=1S/C15H13NO3/c17-16(18)14-8-10-15(11-9-14)19-12-4-7-13-5-2-1-3-6-13/h1-11H,12H2. The lowest BCUT2D eigenvalue weighted by molar-refractivity contribution is -0.384. The van der Waals surface area contributed by atoms with Gasteiger partial charge in [0.15, 0.2) is 0 Å². The molecule has 2 aromatic rings. The van der Waals surface area contributed by atoms with E-state index in [1.807, 2.05) is 42.5 Å². The van der Waals surface area contributed by atoms with Crippen LogP contribution in [0.4, 0.5) is 5.69 Å². The highest BCUT2D eigenvalue weighted by Crippen LogP contribution is 2.17. The van der Waals surface area contributed by atoms with Gasteiger partial charge in [-0.2, -0.15) is 0 Å². The van der Waals surface area contributed by atoms with Gasteiger partial charge in [0.05, 0.1) is 4.92 Å². The lowest BCUT2D eigenvalue weighted by Crippen LogP contribution is -1.93. The first-order chi connectivity index (χ1) is 9.25. The topological polar surface area (TPSA) is 52.4 Å². The molecule has 0 saturated carbocycles. The molecule has 0 bridgehead atoms. The van der Waals surface area contributed by atoms with Crippen molar-refractivity contribution in [2.45, 2.75) is 0 Å². The number of ether oxygens (including phenoxy) is 1. The molecular weight excluding hydrogens is 242 g/mol. The van der Waals surface area contributed by atoms with Gasteiger partial charge in [-0.15, -0.1) is 0 Å². The van der Waals surface area contributed by atoms with Gasteiger partial charge in [0.1, 0.15) is 12.4 Å². The van der Waals surface area contributed by atoms with Crippen LogP contribution in [0.2, 0.25) is 0 Å². The molecule has 19 heavy (non-hydrogen) atoms. The van der Waals surface area contributed by atoms with Gasteiger partial charge in [0.25, 0.3) is 5.69 Å². The quantitative estimate of drug-likeness (QED) is 0.604. The first-order valence-corrected chi connectivity index (χ1v) is 5.84. The fourth-order valence-corrected chi connectivity index (χ4v) is 1.56. The summed E-state index contributed by atoms with van der Waals surface area (Å²) in [7, 11) is 0. The van der Waals surface area contributed by atoms with Crippen molar-refractivity contribution in [3.8, 4) is 5.75 Å². The molecule has 0 aromatic heterocycles. The largest absolute Gasteiger partial charge is 0.490 e. The maximum absolute atomic E-state index is 10.5. The highest BCUT2D eigenvalue weighted by Gasteiger charge is 2.03. The third kappa shape index (κ3) is 3.96. The minimum atomic E-state index is -0.431. The minimum Gasteiger partial charge on any atom is -0.490 e. The Morgan fingerprint density at radius 2 is 1.74 bits per heavy atom. The number of non-ortho nitro benzene ring substituents is 1. The van der Waals surface area contributed by atoms with Crippen LogP contribution in [0.1, 0.15) is 5.56 Å². The van der Waals surface area contributed by atoms with E-state index in [2.05, 4.69) is 0 Å². The summed E-state index contributed by atoms with van der Waals surface area (Å²) in [5, 5.41) is 10.5. The molecule has 0 N–H and O–H groups in total. The fourth-order valence-electron chi connectivity index (χ4n) is 1.56. The molecule has 0 atom stereocenters. The Morgan fingerprint density at radius 3 is 2.37 bits per heavy atom. The van der Waals surface area contributed by atoms with Crippen LogP contribution < -0.4 is 4.74 Å². The molecule has 0 heterocycles. The van der Waals surface area contributed by atoms with Crippen LogP contribution in [0.3, 0.4) is 0 Å². The van der Waals surface area contributed by atoms with Crippen LogP contribution in [-0.2, 0) is 0 Å². The molecule has 0 fully saturated rings. The molecule has 2 aromatic carbocycles. The summed E-state index contributed by atoms with van der Waals surface area (Å²) in [5.74, 6) is 0.614. The second-order valence-corrected chi connectivity index (χ2v) is 3.88. The number of rotatable bonds is 5. The van der Waals surface area contributed by atoms with Crippen LogP contribution in [-0.4, -0.2) is 11.5 Å². The van der Waals surface area contributed by atoms with E-state index in [9.17, 15) is 10.1 Å². The first kappa shape index (κ1) is 12.8. The highest BCUT2D eigenvalue weighted by molar-refractivity contribution is 5.48. The number of nitro benzene ring substituents is 1. The average molecular weight is 255 g/mol. The van der Waals surface area contributed by atoms with Crippen molar-refractivity contribution < 1.29 is 9.66 Å². The van der Waals surface area contributed by atoms with Crippen molar-refractivity contribution >= 4 is 11.8 Å². The zero-order chi connectivity index (χ0) is 13.5. The Balaban J connectivity index is 1.86. The van der Waals surface area contributed by atoms with E-state index in [0.717, 1.165) is 5.56 Å². The molecule has 0 saturated heterocycles. The summed E-state index contributed by atoms with van der Waals surface area (Å²) < 4.78 is 5.45. The molecular formula is C15H13NO3. The van der Waals surface area contributed by atoms with E-state index >= 15 is 0 Å². The van der Waals surface area contributed by atoms with Crippen molar-refractivity contribution in [2.75, 3.05) is 6.61 Å². The minimum absolute atomic E-state index is 0.0622. The summed E-state index contributed by atoms with van der Waals surface area (Å²) in [6.45, 7) is 0.423. The Labute approximate surface area is 111 Å². The smallest absolute Gasteiger partial charge is 0.269 e. The molecule has 2 rings (SSSR count). The van der Waals surface area contributed by atoms with E-state index in [4.69, 9.17) is 4.74 Å². The maximum Gasteiger partial charge on any atom is 0.269 e. The molecule has 4 nitrogen and oxygen atoms in total. The van der Waals surface area contributed by atoms with Crippen LogP contribution in [0.5, 0.6) is 5.75 Å². The lowest BCUT2D eigenvalue weighted by atomic mass is 10.2. The van der Waals surface area contributed by atoms with Gasteiger partial charge in [-0.25, -0.2) is 0 Å². The third-order valence-electron chi connectivity index (χ3n) is 2.50. The van der Waals surface area contributed by atoms with Crippen molar-refractivity contribution in [1.82, 2.24) is 0 Å². The van der Waals surface area contributed by atoms with Crippen LogP contribution in [0, 0.1) is 10.1 Å². The highest BCUT2D eigenvalue weighted by atomic mass is 16.6. The van der Waals surface area contributed by atoms with Gasteiger partial charge in [0.2, 0.25) is 0 Å². The molecule has 0 amide bonds. The second kappa shape index (κ2) is 6.35. The molecule has 0 spiro atoms. The number of nitro groups is 1. The molecule has 96 valence electrons. The molecule has 0 aliphatic rings. The molecule has 0 unspecified atom stereocenters. The summed E-state index contributed by atoms with van der Waals surface area (Å²) >= 11 is 0. The summed E-state index contributed by atoms with van der Waals surface area (Å²) in [6.07, 6.45) is 3.86. The van der Waals surface area contributed by atoms with E-state index in [0.29, 0.717) is 12.4 Å². The van der Waals surface area contributed by atoms with Gasteiger partial charge >= 0.3 is 0 Å². The summed E-state index contributed by atoms with van der Waals surface area (Å²) in [5.41, 5.74) is 1.17. The predicted molar refractivity (Wildman–Crippen MR) is 74.1 cm³/mol. The first-order valence-electron chi connectivity index (χ1n) is 5.84. The van der Waals surface area contributed by atoms with Crippen molar-refractivity contribution in [1.29, 1.82) is 0 Å². The van der Waals surface area contributed by atoms with Crippen molar-refractivity contribution in [3.63, 3.8) is 0 Å². The van der Waals surface area contributed by atoms with Crippen molar-refractivity contribution in [2.24, 2.45) is 0 Å². The summed E-state index contributed by atoms with van der Waals surface area (Å²) in [6, 6.07) is 15.9. The van der Waals surface area contributed by atoms with E-state index in [1.54, 1.807) is 12.1 Å². The fraction of sp³-hybridized carbons (Fsp3) is 0.0667. The normalized spacial score (nSPS) is 10.5. The Bertz CT molecular complexity index is 562. The summed E-state index contributed by atoms with van der Waals surface area (Å²) in [4.78, 5) is 10.1.